The molecule has 0 aliphatic rings. The fourth-order valence-corrected chi connectivity index (χ4v) is 1.60. The van der Waals surface area contributed by atoms with E-state index in [4.69, 9.17) is 11.6 Å². The van der Waals surface area contributed by atoms with Crippen LogP contribution in [-0.4, -0.2) is 6.43 Å². The molecule has 0 heterocycles. The molecule has 3 heteroatoms. The largest absolute Gasteiger partial charge is 0.258 e. The molecule has 1 aromatic rings. The van der Waals surface area contributed by atoms with E-state index < -0.39 is 11.8 Å². The van der Waals surface area contributed by atoms with Crippen LogP contribution >= 0.6 is 11.6 Å². The van der Waals surface area contributed by atoms with Gasteiger partial charge in [0.2, 0.25) is 0 Å². The van der Waals surface area contributed by atoms with Crippen LogP contribution < -0.4 is 0 Å². The second kappa shape index (κ2) is 5.45. The number of rotatable bonds is 4. The Balaban J connectivity index is 2.72. The van der Waals surface area contributed by atoms with Crippen molar-refractivity contribution in [2.75, 3.05) is 0 Å². The minimum atomic E-state index is -2.51. The summed E-state index contributed by atoms with van der Waals surface area (Å²) < 4.78 is 24.6. The smallest absolute Gasteiger partial charge is 0.208 e. The predicted octanol–water partition coefficient (Wildman–Crippen LogP) is 4.43. The Hall–Kier alpha value is -0.630. The topological polar surface area (TPSA) is 0 Å². The van der Waals surface area contributed by atoms with E-state index in [9.17, 15) is 8.78 Å². The number of hydrogen-bond donors (Lipinski definition) is 0. The molecule has 1 unspecified atom stereocenters. The number of alkyl halides is 3. The van der Waals surface area contributed by atoms with Crippen molar-refractivity contribution in [2.24, 2.45) is 5.92 Å². The van der Waals surface area contributed by atoms with Gasteiger partial charge in [0.05, 0.1) is 0 Å². The molecule has 0 saturated carbocycles. The van der Waals surface area contributed by atoms with Gasteiger partial charge in [0.25, 0.3) is 6.43 Å². The SMILES string of the molecule is CC(C)Cc1ccc(C(Cl)C(F)F)cc1. The highest BCUT2D eigenvalue weighted by atomic mass is 35.5. The van der Waals surface area contributed by atoms with Crippen LogP contribution in [0.4, 0.5) is 8.78 Å². The van der Waals surface area contributed by atoms with E-state index in [-0.39, 0.29) is 0 Å². The Morgan fingerprint density at radius 3 is 2.07 bits per heavy atom. The highest BCUT2D eigenvalue weighted by Crippen LogP contribution is 2.27. The fourth-order valence-electron chi connectivity index (χ4n) is 1.45. The van der Waals surface area contributed by atoms with Crippen molar-refractivity contribution in [3.05, 3.63) is 35.4 Å². The predicted molar refractivity (Wildman–Crippen MR) is 59.6 cm³/mol. The molecule has 1 aromatic carbocycles. The Kier molecular flexibility index (Phi) is 4.52. The molecule has 84 valence electrons. The number of benzene rings is 1. The van der Waals surface area contributed by atoms with Crippen molar-refractivity contribution < 1.29 is 8.78 Å². The second-order valence-corrected chi connectivity index (χ2v) is 4.55. The average Bonchev–Trinajstić information content (AvgIpc) is 2.17. The van der Waals surface area contributed by atoms with Crippen LogP contribution in [-0.2, 0) is 6.42 Å². The zero-order valence-corrected chi connectivity index (χ0v) is 9.64. The number of hydrogen-bond acceptors (Lipinski definition) is 0. The van der Waals surface area contributed by atoms with Crippen molar-refractivity contribution in [1.82, 2.24) is 0 Å². The van der Waals surface area contributed by atoms with Gasteiger partial charge in [-0.2, -0.15) is 0 Å². The summed E-state index contributed by atoms with van der Waals surface area (Å²) in [5, 5.41) is -1.20. The molecule has 1 atom stereocenters. The summed E-state index contributed by atoms with van der Waals surface area (Å²) in [6, 6.07) is 7.10. The molecular weight excluding hydrogens is 218 g/mol. The van der Waals surface area contributed by atoms with E-state index >= 15 is 0 Å². The fraction of sp³-hybridized carbons (Fsp3) is 0.500. The third-order valence-electron chi connectivity index (χ3n) is 2.16. The zero-order chi connectivity index (χ0) is 11.4. The third kappa shape index (κ3) is 3.78. The lowest BCUT2D eigenvalue weighted by molar-refractivity contribution is 0.143. The van der Waals surface area contributed by atoms with Gasteiger partial charge in [-0.3, -0.25) is 0 Å². The highest BCUT2D eigenvalue weighted by Gasteiger charge is 2.18. The average molecular weight is 233 g/mol. The molecule has 0 aromatic heterocycles. The van der Waals surface area contributed by atoms with Gasteiger partial charge in [0.1, 0.15) is 5.38 Å². The summed E-state index contributed by atoms with van der Waals surface area (Å²) in [6.07, 6.45) is -1.55. The van der Waals surface area contributed by atoms with Crippen molar-refractivity contribution >= 4 is 11.6 Å². The zero-order valence-electron chi connectivity index (χ0n) is 8.88. The van der Waals surface area contributed by atoms with Gasteiger partial charge in [0, 0.05) is 0 Å². The summed E-state index contributed by atoms with van der Waals surface area (Å²) >= 11 is 5.55. The summed E-state index contributed by atoms with van der Waals surface area (Å²) in [4.78, 5) is 0. The lowest BCUT2D eigenvalue weighted by atomic mass is 10.0. The van der Waals surface area contributed by atoms with Crippen LogP contribution in [0.3, 0.4) is 0 Å². The first kappa shape index (κ1) is 12.4. The summed E-state index contributed by atoms with van der Waals surface area (Å²) in [7, 11) is 0. The molecule has 0 aliphatic heterocycles. The van der Waals surface area contributed by atoms with Crippen molar-refractivity contribution in [3.63, 3.8) is 0 Å². The molecule has 0 saturated heterocycles. The van der Waals surface area contributed by atoms with E-state index in [0.717, 1.165) is 12.0 Å². The first-order chi connectivity index (χ1) is 7.00. The van der Waals surface area contributed by atoms with Crippen molar-refractivity contribution in [1.29, 1.82) is 0 Å². The summed E-state index contributed by atoms with van der Waals surface area (Å²) in [5.74, 6) is 0.567. The standard InChI is InChI=1S/C12H15ClF2/c1-8(2)7-9-3-5-10(6-4-9)11(13)12(14)15/h3-6,8,11-12H,7H2,1-2H3. The number of halogens is 3. The highest BCUT2D eigenvalue weighted by molar-refractivity contribution is 6.21. The van der Waals surface area contributed by atoms with Crippen molar-refractivity contribution in [3.8, 4) is 0 Å². The van der Waals surface area contributed by atoms with Gasteiger partial charge in [-0.1, -0.05) is 38.1 Å². The van der Waals surface area contributed by atoms with Gasteiger partial charge >= 0.3 is 0 Å². The molecule has 0 radical (unpaired) electrons. The Morgan fingerprint density at radius 1 is 1.13 bits per heavy atom. The van der Waals surface area contributed by atoms with Crippen molar-refractivity contribution in [2.45, 2.75) is 32.1 Å². The quantitative estimate of drug-likeness (QED) is 0.674. The molecule has 0 fully saturated rings. The molecule has 15 heavy (non-hydrogen) atoms. The van der Waals surface area contributed by atoms with E-state index in [1.807, 2.05) is 12.1 Å². The minimum Gasteiger partial charge on any atom is -0.208 e. The Bertz CT molecular complexity index is 293. The summed E-state index contributed by atoms with van der Waals surface area (Å²) in [5.41, 5.74) is 1.64. The molecule has 0 spiro atoms. The lowest BCUT2D eigenvalue weighted by Gasteiger charge is -2.10. The molecule has 0 amide bonds. The second-order valence-electron chi connectivity index (χ2n) is 4.08. The normalized spacial score (nSPS) is 13.5. The monoisotopic (exact) mass is 232 g/mol. The maximum Gasteiger partial charge on any atom is 0.258 e. The third-order valence-corrected chi connectivity index (χ3v) is 2.61. The molecule has 0 bridgehead atoms. The van der Waals surface area contributed by atoms with Gasteiger partial charge in [-0.25, -0.2) is 8.78 Å². The maximum absolute atomic E-state index is 12.3. The van der Waals surface area contributed by atoms with E-state index in [1.54, 1.807) is 12.1 Å². The van der Waals surface area contributed by atoms with E-state index in [0.29, 0.717) is 11.5 Å². The maximum atomic E-state index is 12.3. The molecule has 0 N–H and O–H groups in total. The molecule has 0 aliphatic carbocycles. The van der Waals surface area contributed by atoms with E-state index in [2.05, 4.69) is 13.8 Å². The van der Waals surface area contributed by atoms with Gasteiger partial charge < -0.3 is 0 Å². The molecule has 0 nitrogen and oxygen atoms in total. The first-order valence-electron chi connectivity index (χ1n) is 5.01. The van der Waals surface area contributed by atoms with Gasteiger partial charge in [-0.15, -0.1) is 11.6 Å². The lowest BCUT2D eigenvalue weighted by Crippen LogP contribution is -2.02. The van der Waals surface area contributed by atoms with Crippen LogP contribution in [0.5, 0.6) is 0 Å². The van der Waals surface area contributed by atoms with Crippen LogP contribution in [0.25, 0.3) is 0 Å². The van der Waals surface area contributed by atoms with E-state index in [1.165, 1.54) is 0 Å². The Morgan fingerprint density at radius 2 is 1.67 bits per heavy atom. The van der Waals surface area contributed by atoms with Gasteiger partial charge in [0.15, 0.2) is 0 Å². The minimum absolute atomic E-state index is 0.485. The van der Waals surface area contributed by atoms with Crippen LogP contribution in [0, 0.1) is 5.92 Å². The molecular formula is C12H15ClF2. The summed E-state index contributed by atoms with van der Waals surface area (Å²) in [6.45, 7) is 4.24. The van der Waals surface area contributed by atoms with Crippen LogP contribution in [0.1, 0.15) is 30.4 Å². The Labute approximate surface area is 94.3 Å². The van der Waals surface area contributed by atoms with Crippen LogP contribution in [0.2, 0.25) is 0 Å². The van der Waals surface area contributed by atoms with Gasteiger partial charge in [-0.05, 0) is 23.5 Å². The molecule has 1 rings (SSSR count). The first-order valence-corrected chi connectivity index (χ1v) is 5.45. The van der Waals surface area contributed by atoms with Crippen LogP contribution in [0.15, 0.2) is 24.3 Å².